The van der Waals surface area contributed by atoms with Crippen LogP contribution in [0.2, 0.25) is 0 Å². The quantitative estimate of drug-likeness (QED) is 0.629. The highest BCUT2D eigenvalue weighted by Gasteiger charge is 2.04. The first kappa shape index (κ1) is 11.9. The van der Waals surface area contributed by atoms with Gasteiger partial charge in [0.2, 0.25) is 0 Å². The van der Waals surface area contributed by atoms with Gasteiger partial charge in [-0.05, 0) is 46.4 Å². The molecule has 0 amide bonds. The maximum Gasteiger partial charge on any atom is 0.00766 e. The second kappa shape index (κ2) is 7.56. The summed E-state index contributed by atoms with van der Waals surface area (Å²) in [5, 5.41) is 3.55. The van der Waals surface area contributed by atoms with Gasteiger partial charge >= 0.3 is 0 Å². The molecule has 1 unspecified atom stereocenters. The number of rotatable bonds is 7. The molecular formula is C10H24N2. The summed E-state index contributed by atoms with van der Waals surface area (Å²) < 4.78 is 0. The predicted octanol–water partition coefficient (Wildman–Crippen LogP) is 1.72. The fourth-order valence-electron chi connectivity index (χ4n) is 1.21. The van der Waals surface area contributed by atoms with Gasteiger partial charge in [-0.3, -0.25) is 0 Å². The first-order chi connectivity index (χ1) is 5.70. The van der Waals surface area contributed by atoms with Gasteiger partial charge in [-0.25, -0.2) is 0 Å². The Morgan fingerprint density at radius 3 is 2.33 bits per heavy atom. The molecule has 1 atom stereocenters. The molecule has 2 heteroatoms. The van der Waals surface area contributed by atoms with Gasteiger partial charge in [0, 0.05) is 6.04 Å². The fraction of sp³-hybridized carbons (Fsp3) is 1.00. The Hall–Kier alpha value is -0.0800. The molecular weight excluding hydrogens is 148 g/mol. The van der Waals surface area contributed by atoms with Gasteiger partial charge in [0.1, 0.15) is 0 Å². The van der Waals surface area contributed by atoms with E-state index in [1.165, 1.54) is 25.8 Å². The summed E-state index contributed by atoms with van der Waals surface area (Å²) in [6.45, 7) is 6.82. The van der Waals surface area contributed by atoms with Crippen LogP contribution in [0, 0.1) is 0 Å². The average molecular weight is 172 g/mol. The summed E-state index contributed by atoms with van der Waals surface area (Å²) in [4.78, 5) is 2.25. The minimum absolute atomic E-state index is 0.715. The van der Waals surface area contributed by atoms with Crippen LogP contribution in [-0.2, 0) is 0 Å². The number of nitrogens with one attached hydrogen (secondary N) is 1. The molecule has 0 aliphatic heterocycles. The molecule has 0 radical (unpaired) electrons. The molecule has 0 saturated heterocycles. The van der Waals surface area contributed by atoms with Gasteiger partial charge in [0.05, 0.1) is 0 Å². The van der Waals surface area contributed by atoms with E-state index in [1.54, 1.807) is 0 Å². The lowest BCUT2D eigenvalue weighted by Crippen LogP contribution is -2.32. The van der Waals surface area contributed by atoms with Gasteiger partial charge in [0.15, 0.2) is 0 Å². The lowest BCUT2D eigenvalue weighted by Gasteiger charge is -2.18. The second-order valence-corrected chi connectivity index (χ2v) is 3.65. The SMILES string of the molecule is CCCNC(CC)CCN(C)C. The molecule has 74 valence electrons. The Kier molecular flexibility index (Phi) is 7.51. The van der Waals surface area contributed by atoms with E-state index >= 15 is 0 Å². The highest BCUT2D eigenvalue weighted by Crippen LogP contribution is 1.98. The standard InChI is InChI=1S/C10H24N2/c1-5-8-11-10(6-2)7-9-12(3)4/h10-11H,5-9H2,1-4H3. The van der Waals surface area contributed by atoms with Crippen molar-refractivity contribution >= 4 is 0 Å². The minimum atomic E-state index is 0.715. The third kappa shape index (κ3) is 6.62. The summed E-state index contributed by atoms with van der Waals surface area (Å²) in [6.07, 6.45) is 3.75. The van der Waals surface area contributed by atoms with Crippen LogP contribution in [0.25, 0.3) is 0 Å². The van der Waals surface area contributed by atoms with Crippen LogP contribution in [-0.4, -0.2) is 38.1 Å². The second-order valence-electron chi connectivity index (χ2n) is 3.65. The zero-order valence-corrected chi connectivity index (χ0v) is 9.06. The van der Waals surface area contributed by atoms with Gasteiger partial charge in [-0.2, -0.15) is 0 Å². The van der Waals surface area contributed by atoms with Crippen LogP contribution in [0.3, 0.4) is 0 Å². The maximum atomic E-state index is 3.55. The van der Waals surface area contributed by atoms with E-state index in [0.717, 1.165) is 6.54 Å². The van der Waals surface area contributed by atoms with E-state index in [-0.39, 0.29) is 0 Å². The van der Waals surface area contributed by atoms with Crippen LogP contribution in [0.1, 0.15) is 33.1 Å². The van der Waals surface area contributed by atoms with Crippen LogP contribution >= 0.6 is 0 Å². The normalized spacial score (nSPS) is 13.8. The predicted molar refractivity (Wildman–Crippen MR) is 55.5 cm³/mol. The van der Waals surface area contributed by atoms with Gasteiger partial charge in [0.25, 0.3) is 0 Å². The summed E-state index contributed by atoms with van der Waals surface area (Å²) in [5.74, 6) is 0. The molecule has 0 aliphatic carbocycles. The molecule has 0 heterocycles. The van der Waals surface area contributed by atoms with Crippen LogP contribution < -0.4 is 5.32 Å². The lowest BCUT2D eigenvalue weighted by atomic mass is 10.1. The van der Waals surface area contributed by atoms with Crippen molar-refractivity contribution < 1.29 is 0 Å². The first-order valence-corrected chi connectivity index (χ1v) is 5.08. The largest absolute Gasteiger partial charge is 0.314 e. The monoisotopic (exact) mass is 172 g/mol. The zero-order valence-electron chi connectivity index (χ0n) is 9.06. The molecule has 12 heavy (non-hydrogen) atoms. The van der Waals surface area contributed by atoms with Crippen LogP contribution in [0.4, 0.5) is 0 Å². The van der Waals surface area contributed by atoms with Crippen LogP contribution in [0.15, 0.2) is 0 Å². The maximum absolute atomic E-state index is 3.55. The van der Waals surface area contributed by atoms with E-state index in [1.807, 2.05) is 0 Å². The Morgan fingerprint density at radius 2 is 1.92 bits per heavy atom. The molecule has 2 nitrogen and oxygen atoms in total. The highest BCUT2D eigenvalue weighted by molar-refractivity contribution is 4.65. The van der Waals surface area contributed by atoms with Crippen molar-refractivity contribution in [2.75, 3.05) is 27.2 Å². The number of nitrogens with zero attached hydrogens (tertiary/aromatic N) is 1. The van der Waals surface area contributed by atoms with Crippen molar-refractivity contribution in [3.05, 3.63) is 0 Å². The lowest BCUT2D eigenvalue weighted by molar-refractivity contribution is 0.353. The van der Waals surface area contributed by atoms with E-state index in [9.17, 15) is 0 Å². The van der Waals surface area contributed by atoms with Crippen molar-refractivity contribution in [1.82, 2.24) is 10.2 Å². The molecule has 0 rings (SSSR count). The topological polar surface area (TPSA) is 15.3 Å². The fourth-order valence-corrected chi connectivity index (χ4v) is 1.21. The molecule has 0 fully saturated rings. The molecule has 0 saturated carbocycles. The molecule has 0 aliphatic rings. The first-order valence-electron chi connectivity index (χ1n) is 5.08. The van der Waals surface area contributed by atoms with Crippen molar-refractivity contribution in [2.45, 2.75) is 39.2 Å². The molecule has 0 aromatic carbocycles. The van der Waals surface area contributed by atoms with Crippen molar-refractivity contribution in [3.63, 3.8) is 0 Å². The van der Waals surface area contributed by atoms with E-state index < -0.39 is 0 Å². The third-order valence-electron chi connectivity index (χ3n) is 2.10. The number of hydrogen-bond acceptors (Lipinski definition) is 2. The Morgan fingerprint density at radius 1 is 1.25 bits per heavy atom. The smallest absolute Gasteiger partial charge is 0.00766 e. The summed E-state index contributed by atoms with van der Waals surface area (Å²) in [7, 11) is 4.26. The zero-order chi connectivity index (χ0) is 9.40. The molecule has 1 N–H and O–H groups in total. The average Bonchev–Trinajstić information content (AvgIpc) is 2.05. The summed E-state index contributed by atoms with van der Waals surface area (Å²) in [5.41, 5.74) is 0. The Balaban J connectivity index is 3.39. The highest BCUT2D eigenvalue weighted by atomic mass is 15.1. The van der Waals surface area contributed by atoms with Crippen molar-refractivity contribution in [1.29, 1.82) is 0 Å². The Bertz CT molecular complexity index is 91.8. The van der Waals surface area contributed by atoms with Gasteiger partial charge in [-0.1, -0.05) is 13.8 Å². The summed E-state index contributed by atoms with van der Waals surface area (Å²) in [6, 6.07) is 0.715. The molecule has 0 aromatic rings. The molecule has 0 bridgehead atoms. The van der Waals surface area contributed by atoms with E-state index in [2.05, 4.69) is 38.2 Å². The molecule has 0 spiro atoms. The molecule has 0 aromatic heterocycles. The Labute approximate surface area is 77.3 Å². The summed E-state index contributed by atoms with van der Waals surface area (Å²) >= 11 is 0. The van der Waals surface area contributed by atoms with E-state index in [4.69, 9.17) is 0 Å². The number of hydrogen-bond donors (Lipinski definition) is 1. The van der Waals surface area contributed by atoms with Crippen LogP contribution in [0.5, 0.6) is 0 Å². The van der Waals surface area contributed by atoms with Crippen molar-refractivity contribution in [2.24, 2.45) is 0 Å². The van der Waals surface area contributed by atoms with Crippen molar-refractivity contribution in [3.8, 4) is 0 Å². The van der Waals surface area contributed by atoms with Gasteiger partial charge < -0.3 is 10.2 Å². The minimum Gasteiger partial charge on any atom is -0.314 e. The van der Waals surface area contributed by atoms with Gasteiger partial charge in [-0.15, -0.1) is 0 Å². The van der Waals surface area contributed by atoms with E-state index in [0.29, 0.717) is 6.04 Å². The third-order valence-corrected chi connectivity index (χ3v) is 2.10.